The summed E-state index contributed by atoms with van der Waals surface area (Å²) < 4.78 is 25.5. The molecule has 0 unspecified atom stereocenters. The van der Waals surface area contributed by atoms with E-state index in [0.717, 1.165) is 25.0 Å². The summed E-state index contributed by atoms with van der Waals surface area (Å²) in [5.74, 6) is -0.186. The maximum Gasteiger partial charge on any atom is 0.243 e. The van der Waals surface area contributed by atoms with Crippen molar-refractivity contribution in [3.05, 3.63) is 24.3 Å². The summed E-state index contributed by atoms with van der Waals surface area (Å²) in [5.41, 5.74) is 1.63. The van der Waals surface area contributed by atoms with Gasteiger partial charge in [0.15, 0.2) is 0 Å². The van der Waals surface area contributed by atoms with Gasteiger partial charge in [-0.05, 0) is 51.0 Å². The van der Waals surface area contributed by atoms with E-state index in [2.05, 4.69) is 4.90 Å². The van der Waals surface area contributed by atoms with Crippen molar-refractivity contribution in [1.29, 1.82) is 0 Å². The van der Waals surface area contributed by atoms with Gasteiger partial charge in [-0.3, -0.25) is 9.10 Å². The maximum absolute atomic E-state index is 12.3. The minimum absolute atomic E-state index is 0.163. The summed E-state index contributed by atoms with van der Waals surface area (Å²) in [7, 11) is -3.52. The minimum atomic E-state index is -3.52. The van der Waals surface area contributed by atoms with Crippen LogP contribution >= 0.6 is 0 Å². The maximum atomic E-state index is 12.3. The highest BCUT2D eigenvalue weighted by Gasteiger charge is 2.23. The highest BCUT2D eigenvalue weighted by molar-refractivity contribution is 7.92. The van der Waals surface area contributed by atoms with Crippen LogP contribution in [-0.2, 0) is 14.8 Å². The largest absolute Gasteiger partial charge is 0.372 e. The Kier molecular flexibility index (Phi) is 6.10. The van der Waals surface area contributed by atoms with Gasteiger partial charge in [0, 0.05) is 31.9 Å². The number of sulfonamides is 1. The molecule has 7 heteroatoms. The number of rotatable bonds is 7. The van der Waals surface area contributed by atoms with Gasteiger partial charge < -0.3 is 9.80 Å². The van der Waals surface area contributed by atoms with Crippen LogP contribution in [0.3, 0.4) is 0 Å². The van der Waals surface area contributed by atoms with Crippen molar-refractivity contribution in [3.63, 3.8) is 0 Å². The first-order valence-corrected chi connectivity index (χ1v) is 10.3. The number of benzene rings is 1. The van der Waals surface area contributed by atoms with E-state index in [0.29, 0.717) is 18.8 Å². The van der Waals surface area contributed by atoms with E-state index in [1.807, 2.05) is 26.0 Å². The van der Waals surface area contributed by atoms with Crippen LogP contribution in [0, 0.1) is 0 Å². The first kappa shape index (κ1) is 18.6. The van der Waals surface area contributed by atoms with E-state index in [-0.39, 0.29) is 12.5 Å². The summed E-state index contributed by atoms with van der Waals surface area (Å²) in [6.07, 6.45) is 3.52. The molecule has 1 amide bonds. The van der Waals surface area contributed by atoms with Crippen LogP contribution in [0.2, 0.25) is 0 Å². The lowest BCUT2D eigenvalue weighted by Gasteiger charge is -2.26. The number of amides is 1. The third-order valence-corrected chi connectivity index (χ3v) is 5.54. The SMILES string of the molecule is CCN(CC)C(=O)CN(c1ccc(N2CCCC2)cc1)S(C)(=O)=O. The van der Waals surface area contributed by atoms with Crippen LogP contribution in [0.4, 0.5) is 11.4 Å². The van der Waals surface area contributed by atoms with Crippen LogP contribution < -0.4 is 9.21 Å². The Balaban J connectivity index is 2.20. The van der Waals surface area contributed by atoms with Crippen molar-refractivity contribution >= 4 is 27.3 Å². The molecule has 2 rings (SSSR count). The summed E-state index contributed by atoms with van der Waals surface area (Å²) in [5, 5.41) is 0. The average Bonchev–Trinajstić information content (AvgIpc) is 3.07. The van der Waals surface area contributed by atoms with Gasteiger partial charge >= 0.3 is 0 Å². The molecular weight excluding hydrogens is 326 g/mol. The third-order valence-electron chi connectivity index (χ3n) is 4.40. The van der Waals surface area contributed by atoms with Crippen molar-refractivity contribution in [2.45, 2.75) is 26.7 Å². The zero-order valence-corrected chi connectivity index (χ0v) is 15.6. The Morgan fingerprint density at radius 1 is 1.08 bits per heavy atom. The Bertz CT molecular complexity index is 648. The number of likely N-dealkylation sites (N-methyl/N-ethyl adjacent to an activating group) is 1. The molecule has 0 spiro atoms. The van der Waals surface area contributed by atoms with Gasteiger partial charge in [-0.2, -0.15) is 0 Å². The lowest BCUT2D eigenvalue weighted by molar-refractivity contribution is -0.129. The van der Waals surface area contributed by atoms with Crippen LogP contribution in [0.25, 0.3) is 0 Å². The van der Waals surface area contributed by atoms with Crippen molar-refractivity contribution in [3.8, 4) is 0 Å². The summed E-state index contributed by atoms with van der Waals surface area (Å²) in [6, 6.07) is 7.43. The fraction of sp³-hybridized carbons (Fsp3) is 0.588. The summed E-state index contributed by atoms with van der Waals surface area (Å²) in [6.45, 7) is 6.82. The molecule has 6 nitrogen and oxygen atoms in total. The Labute approximate surface area is 145 Å². The molecule has 1 saturated heterocycles. The normalized spacial score (nSPS) is 14.7. The van der Waals surface area contributed by atoms with Gasteiger partial charge in [0.05, 0.1) is 11.9 Å². The van der Waals surface area contributed by atoms with E-state index >= 15 is 0 Å². The molecule has 1 aliphatic heterocycles. The second kappa shape index (κ2) is 7.88. The van der Waals surface area contributed by atoms with E-state index in [1.165, 1.54) is 17.1 Å². The molecule has 24 heavy (non-hydrogen) atoms. The van der Waals surface area contributed by atoms with Gasteiger partial charge in [0.1, 0.15) is 6.54 Å². The van der Waals surface area contributed by atoms with E-state index < -0.39 is 10.0 Å². The quantitative estimate of drug-likeness (QED) is 0.751. The predicted molar refractivity (Wildman–Crippen MR) is 98.0 cm³/mol. The van der Waals surface area contributed by atoms with E-state index in [4.69, 9.17) is 0 Å². The van der Waals surface area contributed by atoms with Gasteiger partial charge in [0.25, 0.3) is 0 Å². The Morgan fingerprint density at radius 3 is 2.08 bits per heavy atom. The van der Waals surface area contributed by atoms with Crippen molar-refractivity contribution in [2.75, 3.05) is 48.2 Å². The summed E-state index contributed by atoms with van der Waals surface area (Å²) in [4.78, 5) is 16.2. The second-order valence-electron chi connectivity index (χ2n) is 6.05. The lowest BCUT2D eigenvalue weighted by Crippen LogP contribution is -2.42. The molecule has 1 heterocycles. The van der Waals surface area contributed by atoms with Gasteiger partial charge in [0.2, 0.25) is 15.9 Å². The third kappa shape index (κ3) is 4.41. The van der Waals surface area contributed by atoms with Crippen molar-refractivity contribution in [1.82, 2.24) is 4.90 Å². The van der Waals surface area contributed by atoms with Gasteiger partial charge in [-0.15, -0.1) is 0 Å². The number of anilines is 2. The standard InChI is InChI=1S/C17H27N3O3S/c1-4-18(5-2)17(21)14-20(24(3,22)23)16-10-8-15(9-11-16)19-12-6-7-13-19/h8-11H,4-7,12-14H2,1-3H3. The molecule has 1 aromatic rings. The molecule has 0 radical (unpaired) electrons. The van der Waals surface area contributed by atoms with Crippen LogP contribution in [-0.4, -0.2) is 58.2 Å². The van der Waals surface area contributed by atoms with Crippen molar-refractivity contribution in [2.24, 2.45) is 0 Å². The minimum Gasteiger partial charge on any atom is -0.372 e. The first-order valence-electron chi connectivity index (χ1n) is 8.47. The molecule has 1 aliphatic rings. The Hall–Kier alpha value is -1.76. The number of nitrogens with zero attached hydrogens (tertiary/aromatic N) is 3. The van der Waals surface area contributed by atoms with Crippen LogP contribution in [0.1, 0.15) is 26.7 Å². The lowest BCUT2D eigenvalue weighted by atomic mass is 10.2. The Morgan fingerprint density at radius 2 is 1.62 bits per heavy atom. The number of carbonyl (C=O) groups is 1. The van der Waals surface area contributed by atoms with Crippen LogP contribution in [0.5, 0.6) is 0 Å². The molecule has 0 N–H and O–H groups in total. The molecule has 0 aliphatic carbocycles. The zero-order chi connectivity index (χ0) is 17.7. The molecule has 0 bridgehead atoms. The first-order chi connectivity index (χ1) is 11.4. The van der Waals surface area contributed by atoms with Crippen LogP contribution in [0.15, 0.2) is 24.3 Å². The highest BCUT2D eigenvalue weighted by atomic mass is 32.2. The predicted octanol–water partition coefficient (Wildman–Crippen LogP) is 1.92. The smallest absolute Gasteiger partial charge is 0.243 e. The number of hydrogen-bond acceptors (Lipinski definition) is 4. The van der Waals surface area contributed by atoms with Gasteiger partial charge in [-0.25, -0.2) is 8.42 Å². The van der Waals surface area contributed by atoms with Crippen molar-refractivity contribution < 1.29 is 13.2 Å². The average molecular weight is 353 g/mol. The second-order valence-corrected chi connectivity index (χ2v) is 7.95. The van der Waals surface area contributed by atoms with E-state index in [9.17, 15) is 13.2 Å². The molecule has 0 aromatic heterocycles. The molecule has 1 fully saturated rings. The zero-order valence-electron chi connectivity index (χ0n) is 14.7. The fourth-order valence-corrected chi connectivity index (χ4v) is 3.85. The molecule has 1 aromatic carbocycles. The molecule has 0 atom stereocenters. The van der Waals surface area contributed by atoms with E-state index in [1.54, 1.807) is 17.0 Å². The molecule has 134 valence electrons. The monoisotopic (exact) mass is 353 g/mol. The molecular formula is C17H27N3O3S. The highest BCUT2D eigenvalue weighted by Crippen LogP contribution is 2.25. The fourth-order valence-electron chi connectivity index (χ4n) is 3.00. The topological polar surface area (TPSA) is 60.9 Å². The summed E-state index contributed by atoms with van der Waals surface area (Å²) >= 11 is 0. The number of hydrogen-bond donors (Lipinski definition) is 0. The molecule has 0 saturated carbocycles. The van der Waals surface area contributed by atoms with Gasteiger partial charge in [-0.1, -0.05) is 0 Å². The number of carbonyl (C=O) groups excluding carboxylic acids is 1.